The van der Waals surface area contributed by atoms with Crippen molar-refractivity contribution >= 4 is 22.7 Å². The second kappa shape index (κ2) is 4.25. The molecule has 0 unspecified atom stereocenters. The molecule has 1 aromatic heterocycles. The van der Waals surface area contributed by atoms with E-state index in [-0.39, 0.29) is 11.6 Å². The highest BCUT2D eigenvalue weighted by atomic mass is 16.5. The number of amides is 1. The van der Waals surface area contributed by atoms with Gasteiger partial charge in [-0.2, -0.15) is 0 Å². The number of aryl methyl sites for hydroxylation is 1. The molecule has 0 saturated heterocycles. The summed E-state index contributed by atoms with van der Waals surface area (Å²) < 4.78 is 4.33. The smallest absolute Gasteiger partial charge is 0.452 e. The van der Waals surface area contributed by atoms with E-state index in [4.69, 9.17) is 0 Å². The van der Waals surface area contributed by atoms with Crippen molar-refractivity contribution in [1.82, 2.24) is 4.98 Å². The molecule has 0 aliphatic carbocycles. The van der Waals surface area contributed by atoms with Crippen LogP contribution in [0.5, 0.6) is 5.88 Å². The molecule has 0 fully saturated rings. The number of hydrogen-bond acceptors (Lipinski definition) is 4. The highest BCUT2D eigenvalue weighted by molar-refractivity contribution is 5.94. The van der Waals surface area contributed by atoms with E-state index in [1.807, 2.05) is 25.1 Å². The highest BCUT2D eigenvalue weighted by Crippen LogP contribution is 2.35. The Hall–Kier alpha value is -2.37. The SMILES string of the molecule is COC(=O)N=Nc1c(O)[nH]c2ccc(C)cc12. The van der Waals surface area contributed by atoms with Gasteiger partial charge in [0.2, 0.25) is 5.88 Å². The Kier molecular flexibility index (Phi) is 2.78. The van der Waals surface area contributed by atoms with Crippen LogP contribution in [0, 0.1) is 6.92 Å². The number of azo groups is 1. The summed E-state index contributed by atoms with van der Waals surface area (Å²) in [4.78, 5) is 13.6. The molecule has 6 heteroatoms. The molecular weight excluding hydrogens is 222 g/mol. The van der Waals surface area contributed by atoms with Crippen LogP contribution < -0.4 is 0 Å². The second-order valence-electron chi connectivity index (χ2n) is 3.54. The molecule has 0 radical (unpaired) electrons. The third-order valence-corrected chi connectivity index (χ3v) is 2.31. The summed E-state index contributed by atoms with van der Waals surface area (Å²) >= 11 is 0. The van der Waals surface area contributed by atoms with E-state index in [0.717, 1.165) is 11.1 Å². The van der Waals surface area contributed by atoms with Crippen LogP contribution in [0.15, 0.2) is 28.4 Å². The van der Waals surface area contributed by atoms with Crippen LogP contribution >= 0.6 is 0 Å². The zero-order valence-electron chi connectivity index (χ0n) is 9.39. The van der Waals surface area contributed by atoms with E-state index in [2.05, 4.69) is 19.9 Å². The van der Waals surface area contributed by atoms with Crippen molar-refractivity contribution in [2.45, 2.75) is 6.92 Å². The molecule has 0 saturated carbocycles. The van der Waals surface area contributed by atoms with Crippen molar-refractivity contribution in [3.63, 3.8) is 0 Å². The van der Waals surface area contributed by atoms with Crippen molar-refractivity contribution in [3.8, 4) is 5.88 Å². The molecule has 2 N–H and O–H groups in total. The fourth-order valence-corrected chi connectivity index (χ4v) is 1.51. The Bertz CT molecular complexity index is 601. The molecule has 0 aliphatic rings. The van der Waals surface area contributed by atoms with Crippen molar-refractivity contribution in [1.29, 1.82) is 0 Å². The number of aromatic hydroxyl groups is 1. The summed E-state index contributed by atoms with van der Waals surface area (Å²) in [6, 6.07) is 5.57. The molecular formula is C11H11N3O3. The first-order valence-corrected chi connectivity index (χ1v) is 4.93. The zero-order chi connectivity index (χ0) is 12.4. The van der Waals surface area contributed by atoms with Gasteiger partial charge in [0, 0.05) is 5.39 Å². The Morgan fingerprint density at radius 2 is 2.24 bits per heavy atom. The molecule has 0 bridgehead atoms. The third kappa shape index (κ3) is 2.10. The number of rotatable bonds is 1. The van der Waals surface area contributed by atoms with Crippen LogP contribution in [0.25, 0.3) is 10.9 Å². The van der Waals surface area contributed by atoms with Gasteiger partial charge in [0.15, 0.2) is 5.69 Å². The van der Waals surface area contributed by atoms with Gasteiger partial charge in [-0.05, 0) is 19.1 Å². The molecule has 0 spiro atoms. The summed E-state index contributed by atoms with van der Waals surface area (Å²) in [7, 11) is 1.21. The molecule has 88 valence electrons. The number of carbonyl (C=O) groups excluding carboxylic acids is 1. The Morgan fingerprint density at radius 1 is 1.47 bits per heavy atom. The maximum Gasteiger partial charge on any atom is 0.452 e. The van der Waals surface area contributed by atoms with Crippen LogP contribution in [-0.2, 0) is 4.74 Å². The van der Waals surface area contributed by atoms with Crippen LogP contribution in [0.2, 0.25) is 0 Å². The van der Waals surface area contributed by atoms with Crippen LogP contribution in [0.1, 0.15) is 5.56 Å². The zero-order valence-corrected chi connectivity index (χ0v) is 9.39. The number of carbonyl (C=O) groups is 1. The fourth-order valence-electron chi connectivity index (χ4n) is 1.51. The highest BCUT2D eigenvalue weighted by Gasteiger charge is 2.10. The Labute approximate surface area is 96.9 Å². The quantitative estimate of drug-likeness (QED) is 0.742. The third-order valence-electron chi connectivity index (χ3n) is 2.31. The van der Waals surface area contributed by atoms with Crippen LogP contribution in [-0.4, -0.2) is 23.3 Å². The first kappa shape index (κ1) is 11.1. The molecule has 1 amide bonds. The van der Waals surface area contributed by atoms with Gasteiger partial charge in [0.05, 0.1) is 12.6 Å². The first-order valence-electron chi connectivity index (χ1n) is 4.93. The van der Waals surface area contributed by atoms with E-state index >= 15 is 0 Å². The number of methoxy groups -OCH3 is 1. The lowest BCUT2D eigenvalue weighted by atomic mass is 10.2. The number of H-pyrrole nitrogens is 1. The Morgan fingerprint density at radius 3 is 2.94 bits per heavy atom. The predicted molar refractivity (Wildman–Crippen MR) is 61.6 cm³/mol. The topological polar surface area (TPSA) is 87.0 Å². The van der Waals surface area contributed by atoms with Gasteiger partial charge < -0.3 is 14.8 Å². The normalized spacial score (nSPS) is 11.2. The van der Waals surface area contributed by atoms with Crippen LogP contribution in [0.4, 0.5) is 10.5 Å². The number of aromatic amines is 1. The average molecular weight is 233 g/mol. The van der Waals surface area contributed by atoms with Gasteiger partial charge in [-0.25, -0.2) is 4.79 Å². The molecule has 2 rings (SSSR count). The maximum atomic E-state index is 10.8. The van der Waals surface area contributed by atoms with Gasteiger partial charge >= 0.3 is 6.09 Å². The predicted octanol–water partition coefficient (Wildman–Crippen LogP) is 3.03. The number of nitrogens with one attached hydrogen (secondary N) is 1. The largest absolute Gasteiger partial charge is 0.493 e. The minimum atomic E-state index is -0.814. The lowest BCUT2D eigenvalue weighted by molar-refractivity contribution is 0.181. The van der Waals surface area contributed by atoms with Gasteiger partial charge in [0.25, 0.3) is 0 Å². The van der Waals surface area contributed by atoms with E-state index in [1.54, 1.807) is 0 Å². The van der Waals surface area contributed by atoms with E-state index in [1.165, 1.54) is 7.11 Å². The van der Waals surface area contributed by atoms with Crippen LogP contribution in [0.3, 0.4) is 0 Å². The van der Waals surface area contributed by atoms with Crippen molar-refractivity contribution < 1.29 is 14.6 Å². The molecule has 0 atom stereocenters. The van der Waals surface area contributed by atoms with E-state index < -0.39 is 6.09 Å². The summed E-state index contributed by atoms with van der Waals surface area (Å²) in [5, 5.41) is 17.3. The van der Waals surface area contributed by atoms with Crippen molar-refractivity contribution in [2.24, 2.45) is 10.2 Å². The Balaban J connectivity index is 2.52. The number of nitrogens with zero attached hydrogens (tertiary/aromatic N) is 2. The van der Waals surface area contributed by atoms with Gasteiger partial charge in [-0.15, -0.1) is 5.11 Å². The lowest BCUT2D eigenvalue weighted by Gasteiger charge is -1.93. The summed E-state index contributed by atoms with van der Waals surface area (Å²) in [6.07, 6.45) is -0.814. The summed E-state index contributed by atoms with van der Waals surface area (Å²) in [5.74, 6) is -0.127. The second-order valence-corrected chi connectivity index (χ2v) is 3.54. The fraction of sp³-hybridized carbons (Fsp3) is 0.182. The van der Waals surface area contributed by atoms with E-state index in [9.17, 15) is 9.90 Å². The number of fused-ring (bicyclic) bond motifs is 1. The molecule has 2 aromatic rings. The van der Waals surface area contributed by atoms with Crippen molar-refractivity contribution in [3.05, 3.63) is 23.8 Å². The minimum Gasteiger partial charge on any atom is -0.493 e. The number of ether oxygens (including phenoxy) is 1. The summed E-state index contributed by atoms with van der Waals surface area (Å²) in [5.41, 5.74) is 1.98. The summed E-state index contributed by atoms with van der Waals surface area (Å²) in [6.45, 7) is 1.92. The number of aromatic nitrogens is 1. The average Bonchev–Trinajstić information content (AvgIpc) is 2.61. The molecule has 17 heavy (non-hydrogen) atoms. The van der Waals surface area contributed by atoms with E-state index in [0.29, 0.717) is 5.39 Å². The van der Waals surface area contributed by atoms with Gasteiger partial charge in [-0.1, -0.05) is 16.7 Å². The monoisotopic (exact) mass is 233 g/mol. The molecule has 0 aliphatic heterocycles. The minimum absolute atomic E-state index is 0.127. The van der Waals surface area contributed by atoms with Gasteiger partial charge in [-0.3, -0.25) is 0 Å². The number of hydrogen-bond donors (Lipinski definition) is 2. The number of benzene rings is 1. The van der Waals surface area contributed by atoms with Gasteiger partial charge in [0.1, 0.15) is 0 Å². The van der Waals surface area contributed by atoms with Crippen molar-refractivity contribution in [2.75, 3.05) is 7.11 Å². The first-order chi connectivity index (χ1) is 8.11. The molecule has 1 heterocycles. The molecule has 6 nitrogen and oxygen atoms in total. The molecule has 1 aromatic carbocycles. The standard InChI is InChI=1S/C11H11N3O3/c1-6-3-4-8-7(5-6)9(10(15)12-8)13-14-11(16)17-2/h3-5,12,15H,1-2H3. The lowest BCUT2D eigenvalue weighted by Crippen LogP contribution is -1.89. The maximum absolute atomic E-state index is 10.8.